The molecule has 0 aliphatic rings. The van der Waals surface area contributed by atoms with Crippen LogP contribution in [0.5, 0.6) is 0 Å². The Morgan fingerprint density at radius 3 is 3.06 bits per heavy atom. The number of rotatable bonds is 3. The minimum Gasteiger partial charge on any atom is -0.359 e. The van der Waals surface area contributed by atoms with Gasteiger partial charge >= 0.3 is 0 Å². The first kappa shape index (κ1) is 12.0. The summed E-state index contributed by atoms with van der Waals surface area (Å²) in [5.74, 6) is -0.411. The number of anilines is 1. The molecule has 2 rings (SSSR count). The Bertz CT molecular complexity index is 616. The molecule has 1 aromatic heterocycles. The summed E-state index contributed by atoms with van der Waals surface area (Å²) in [6.45, 7) is 0. The lowest BCUT2D eigenvalue weighted by molar-refractivity contribution is 0.629. The lowest BCUT2D eigenvalue weighted by Crippen LogP contribution is -1.94. The van der Waals surface area contributed by atoms with Crippen LogP contribution in [0.2, 0.25) is 5.02 Å². The molecule has 8 heteroatoms. The number of hydrogen-bond donors (Lipinski definition) is 2. The van der Waals surface area contributed by atoms with Crippen molar-refractivity contribution < 1.29 is 4.39 Å². The van der Waals surface area contributed by atoms with E-state index in [4.69, 9.17) is 16.9 Å². The number of H-pyrrole nitrogens is 1. The lowest BCUT2D eigenvalue weighted by Gasteiger charge is -2.04. The van der Waals surface area contributed by atoms with Gasteiger partial charge in [0.2, 0.25) is 5.82 Å². The SMILES string of the molecule is N#CC(=CNc1cccc(F)c1Cl)c1nn[nH]n1. The summed E-state index contributed by atoms with van der Waals surface area (Å²) in [6, 6.07) is 6.20. The van der Waals surface area contributed by atoms with E-state index >= 15 is 0 Å². The summed E-state index contributed by atoms with van der Waals surface area (Å²) < 4.78 is 13.2. The molecule has 0 amide bonds. The third-order valence-corrected chi connectivity index (χ3v) is 2.41. The van der Waals surface area contributed by atoms with E-state index in [0.717, 1.165) is 0 Å². The molecule has 90 valence electrons. The average Bonchev–Trinajstić information content (AvgIpc) is 2.89. The van der Waals surface area contributed by atoms with E-state index in [1.54, 1.807) is 6.07 Å². The molecule has 0 aliphatic heterocycles. The lowest BCUT2D eigenvalue weighted by atomic mass is 10.3. The highest BCUT2D eigenvalue weighted by atomic mass is 35.5. The van der Waals surface area contributed by atoms with Crippen LogP contribution >= 0.6 is 11.6 Å². The minimum absolute atomic E-state index is 0.0563. The monoisotopic (exact) mass is 264 g/mol. The molecule has 0 unspecified atom stereocenters. The second-order valence-electron chi connectivity index (χ2n) is 3.15. The molecule has 1 heterocycles. The van der Waals surface area contributed by atoms with E-state index in [0.29, 0.717) is 5.69 Å². The first-order chi connectivity index (χ1) is 8.72. The molecule has 0 fully saturated rings. The Kier molecular flexibility index (Phi) is 3.50. The van der Waals surface area contributed by atoms with Gasteiger partial charge in [-0.1, -0.05) is 17.7 Å². The van der Waals surface area contributed by atoms with Gasteiger partial charge < -0.3 is 5.32 Å². The van der Waals surface area contributed by atoms with Gasteiger partial charge in [0.05, 0.1) is 10.7 Å². The molecule has 2 aromatic rings. The molecule has 0 radical (unpaired) electrons. The number of aromatic nitrogens is 4. The van der Waals surface area contributed by atoms with Gasteiger partial charge in [-0.3, -0.25) is 0 Å². The summed E-state index contributed by atoms with van der Waals surface area (Å²) in [5.41, 5.74) is 0.483. The van der Waals surface area contributed by atoms with Crippen LogP contribution in [0, 0.1) is 17.1 Å². The van der Waals surface area contributed by atoms with Crippen molar-refractivity contribution in [3.63, 3.8) is 0 Å². The maximum atomic E-state index is 13.2. The van der Waals surface area contributed by atoms with E-state index < -0.39 is 5.82 Å². The van der Waals surface area contributed by atoms with E-state index in [1.807, 2.05) is 6.07 Å². The Labute approximate surface area is 106 Å². The molecule has 2 N–H and O–H groups in total. The van der Waals surface area contributed by atoms with Gasteiger partial charge in [-0.2, -0.15) is 10.5 Å². The fourth-order valence-electron chi connectivity index (χ4n) is 1.19. The van der Waals surface area contributed by atoms with Gasteiger partial charge in [0, 0.05) is 6.20 Å². The smallest absolute Gasteiger partial charge is 0.216 e. The quantitative estimate of drug-likeness (QED) is 0.827. The van der Waals surface area contributed by atoms with Crippen molar-refractivity contribution >= 4 is 22.9 Å². The van der Waals surface area contributed by atoms with Crippen LogP contribution in [0.4, 0.5) is 10.1 Å². The van der Waals surface area contributed by atoms with Crippen molar-refractivity contribution in [1.82, 2.24) is 20.6 Å². The molecule has 0 saturated carbocycles. The Morgan fingerprint density at radius 2 is 2.39 bits per heavy atom. The summed E-state index contributed by atoms with van der Waals surface area (Å²) >= 11 is 5.75. The molecule has 0 atom stereocenters. The highest BCUT2D eigenvalue weighted by Crippen LogP contribution is 2.24. The van der Waals surface area contributed by atoms with Crippen LogP contribution < -0.4 is 5.32 Å². The van der Waals surface area contributed by atoms with Crippen molar-refractivity contribution in [2.75, 3.05) is 5.32 Å². The highest BCUT2D eigenvalue weighted by molar-refractivity contribution is 6.33. The molecule has 6 nitrogen and oxygen atoms in total. The van der Waals surface area contributed by atoms with E-state index in [1.165, 1.54) is 18.3 Å². The fourth-order valence-corrected chi connectivity index (χ4v) is 1.37. The number of halogens is 2. The number of nitriles is 1. The normalized spacial score (nSPS) is 11.1. The average molecular weight is 265 g/mol. The summed E-state index contributed by atoms with van der Waals surface area (Å²) in [6.07, 6.45) is 1.32. The highest BCUT2D eigenvalue weighted by Gasteiger charge is 2.07. The van der Waals surface area contributed by atoms with Gasteiger partial charge in [-0.15, -0.1) is 10.2 Å². The maximum Gasteiger partial charge on any atom is 0.216 e. The van der Waals surface area contributed by atoms with Crippen LogP contribution in [0.15, 0.2) is 24.4 Å². The van der Waals surface area contributed by atoms with Crippen LogP contribution in [-0.4, -0.2) is 20.6 Å². The number of aromatic amines is 1. The van der Waals surface area contributed by atoms with Gasteiger partial charge in [0.1, 0.15) is 17.5 Å². The standard InChI is InChI=1S/C10H6ClFN6/c11-9-7(12)2-1-3-8(9)14-5-6(4-13)10-15-17-18-16-10/h1-3,5,14H,(H,15,16,17,18). The number of hydrogen-bond acceptors (Lipinski definition) is 5. The minimum atomic E-state index is -0.548. The molecular weight excluding hydrogens is 259 g/mol. The Balaban J connectivity index is 2.25. The Hall–Kier alpha value is -2.46. The number of allylic oxidation sites excluding steroid dienone is 1. The second-order valence-corrected chi connectivity index (χ2v) is 3.53. The predicted octanol–water partition coefficient (Wildman–Crippen LogP) is 1.97. The van der Waals surface area contributed by atoms with Crippen molar-refractivity contribution in [1.29, 1.82) is 5.26 Å². The van der Waals surface area contributed by atoms with Crippen molar-refractivity contribution in [2.24, 2.45) is 0 Å². The number of nitrogens with one attached hydrogen (secondary N) is 2. The van der Waals surface area contributed by atoms with Gasteiger partial charge in [-0.25, -0.2) is 4.39 Å². The first-order valence-electron chi connectivity index (χ1n) is 4.77. The molecule has 0 bridgehead atoms. The first-order valence-corrected chi connectivity index (χ1v) is 5.15. The number of tetrazole rings is 1. The largest absolute Gasteiger partial charge is 0.359 e. The van der Waals surface area contributed by atoms with E-state index in [2.05, 4.69) is 25.9 Å². The molecule has 0 aliphatic carbocycles. The zero-order valence-corrected chi connectivity index (χ0v) is 9.61. The predicted molar refractivity (Wildman–Crippen MR) is 62.8 cm³/mol. The second kappa shape index (κ2) is 5.25. The zero-order chi connectivity index (χ0) is 13.0. The van der Waals surface area contributed by atoms with Crippen molar-refractivity contribution in [2.45, 2.75) is 0 Å². The molecular formula is C10H6ClFN6. The number of nitrogens with zero attached hydrogens (tertiary/aromatic N) is 4. The fraction of sp³-hybridized carbons (Fsp3) is 0. The summed E-state index contributed by atoms with van der Waals surface area (Å²) in [4.78, 5) is 0. The summed E-state index contributed by atoms with van der Waals surface area (Å²) in [7, 11) is 0. The molecule has 0 spiro atoms. The molecule has 18 heavy (non-hydrogen) atoms. The van der Waals surface area contributed by atoms with Crippen LogP contribution in [0.25, 0.3) is 5.57 Å². The van der Waals surface area contributed by atoms with Crippen LogP contribution in [-0.2, 0) is 0 Å². The third-order valence-electron chi connectivity index (χ3n) is 2.03. The van der Waals surface area contributed by atoms with Crippen molar-refractivity contribution in [3.05, 3.63) is 41.1 Å². The molecule has 0 saturated heterocycles. The van der Waals surface area contributed by atoms with Crippen LogP contribution in [0.3, 0.4) is 0 Å². The van der Waals surface area contributed by atoms with Gasteiger partial charge in [0.15, 0.2) is 0 Å². The van der Waals surface area contributed by atoms with E-state index in [-0.39, 0.29) is 16.4 Å². The van der Waals surface area contributed by atoms with Gasteiger partial charge in [-0.05, 0) is 17.3 Å². The number of benzene rings is 1. The Morgan fingerprint density at radius 1 is 1.56 bits per heavy atom. The van der Waals surface area contributed by atoms with Crippen LogP contribution in [0.1, 0.15) is 5.82 Å². The third kappa shape index (κ3) is 2.44. The van der Waals surface area contributed by atoms with Crippen molar-refractivity contribution in [3.8, 4) is 6.07 Å². The molecule has 1 aromatic carbocycles. The maximum absolute atomic E-state index is 13.2. The van der Waals surface area contributed by atoms with Gasteiger partial charge in [0.25, 0.3) is 0 Å². The zero-order valence-electron chi connectivity index (χ0n) is 8.85. The van der Waals surface area contributed by atoms with E-state index in [9.17, 15) is 4.39 Å². The summed E-state index contributed by atoms with van der Waals surface area (Å²) in [5, 5.41) is 24.4. The topological polar surface area (TPSA) is 90.3 Å².